The van der Waals surface area contributed by atoms with Gasteiger partial charge in [0.15, 0.2) is 11.6 Å². The Kier molecular flexibility index (Phi) is 8.41. The zero-order valence-corrected chi connectivity index (χ0v) is 23.7. The summed E-state index contributed by atoms with van der Waals surface area (Å²) in [7, 11) is -4.16. The molecule has 3 aromatic carbocycles. The lowest BCUT2D eigenvalue weighted by molar-refractivity contribution is 0.262. The van der Waals surface area contributed by atoms with Crippen molar-refractivity contribution in [2.75, 3.05) is 15.4 Å². The molecule has 4 rings (SSSR count). The summed E-state index contributed by atoms with van der Waals surface area (Å²) in [6, 6.07) is 14.9. The lowest BCUT2D eigenvalue weighted by Gasteiger charge is -2.13. The fraction of sp³-hybridized carbons (Fsp3) is 0. The Hall–Kier alpha value is -3.70. The van der Waals surface area contributed by atoms with E-state index in [1.165, 1.54) is 30.3 Å². The van der Waals surface area contributed by atoms with Gasteiger partial charge < -0.3 is 20.8 Å². The number of anilines is 3. The number of phenols is 2. The van der Waals surface area contributed by atoms with Crippen LogP contribution in [0.1, 0.15) is 11.6 Å². The molecule has 11 nitrogen and oxygen atoms in total. The number of aromatic hydroxyl groups is 2. The second kappa shape index (κ2) is 11.6. The van der Waals surface area contributed by atoms with Crippen LogP contribution >= 0.6 is 49.7 Å². The van der Waals surface area contributed by atoms with E-state index in [0.29, 0.717) is 11.4 Å². The van der Waals surface area contributed by atoms with Crippen molar-refractivity contribution in [2.24, 2.45) is 0 Å². The topological polar surface area (TPSA) is 158 Å². The van der Waals surface area contributed by atoms with Crippen molar-refractivity contribution in [1.82, 2.24) is 14.8 Å². The average Bonchev–Trinajstić information content (AvgIpc) is 3.33. The van der Waals surface area contributed by atoms with Crippen LogP contribution in [0.3, 0.4) is 0 Å². The molecule has 200 valence electrons. The van der Waals surface area contributed by atoms with E-state index in [-0.39, 0.29) is 47.8 Å². The van der Waals surface area contributed by atoms with Gasteiger partial charge in [0.25, 0.3) is 10.0 Å². The summed E-state index contributed by atoms with van der Waals surface area (Å²) in [6.07, 6.45) is 0. The highest BCUT2D eigenvalue weighted by atomic mass is 32.2. The van der Waals surface area contributed by atoms with Crippen molar-refractivity contribution >= 4 is 91.2 Å². The number of nitrogens with zero attached hydrogens (tertiary/aromatic N) is 3. The van der Waals surface area contributed by atoms with E-state index >= 15 is 0 Å². The van der Waals surface area contributed by atoms with Gasteiger partial charge in [0.2, 0.25) is 0 Å². The van der Waals surface area contributed by atoms with E-state index in [2.05, 4.69) is 50.8 Å². The first-order chi connectivity index (χ1) is 18.4. The molecule has 0 aliphatic heterocycles. The van der Waals surface area contributed by atoms with Gasteiger partial charge in [0.1, 0.15) is 19.9 Å². The number of hydrogen-bond acceptors (Lipinski definition) is 9. The van der Waals surface area contributed by atoms with E-state index in [4.69, 9.17) is 24.4 Å². The number of carbonyl (C=O) groups is 1. The summed E-state index contributed by atoms with van der Waals surface area (Å²) in [5.41, 5.74) is 0.888. The summed E-state index contributed by atoms with van der Waals surface area (Å²) >= 11 is 18.6. The molecular weight excluding hydrogens is 601 g/mol. The highest BCUT2D eigenvalue weighted by molar-refractivity contribution is 8.12. The third-order valence-electron chi connectivity index (χ3n) is 5.03. The molecule has 0 saturated heterocycles. The van der Waals surface area contributed by atoms with Crippen LogP contribution in [0.25, 0.3) is 5.69 Å². The van der Waals surface area contributed by atoms with Crippen LogP contribution < -0.4 is 15.4 Å². The molecule has 0 aliphatic carbocycles. The molecule has 2 amide bonds. The van der Waals surface area contributed by atoms with Crippen LogP contribution in [0.15, 0.2) is 71.6 Å². The maximum Gasteiger partial charge on any atom is 0.323 e. The number of sulfonamides is 1. The van der Waals surface area contributed by atoms with Gasteiger partial charge in [-0.3, -0.25) is 9.29 Å². The number of thiocarbonyl (C=S) groups is 2. The zero-order valence-electron chi connectivity index (χ0n) is 19.4. The lowest BCUT2D eigenvalue weighted by Crippen LogP contribution is -2.20. The Labute approximate surface area is 244 Å². The molecule has 0 aliphatic rings. The predicted octanol–water partition coefficient (Wildman–Crippen LogP) is 4.33. The fourth-order valence-corrected chi connectivity index (χ4v) is 5.04. The number of rotatable bonds is 8. The number of nitrogens with one attached hydrogen (secondary N) is 3. The molecule has 0 bridgehead atoms. The second-order valence-electron chi connectivity index (χ2n) is 7.76. The number of benzene rings is 3. The van der Waals surface area contributed by atoms with E-state index in [1.54, 1.807) is 28.8 Å². The maximum absolute atomic E-state index is 12.8. The van der Waals surface area contributed by atoms with Crippen molar-refractivity contribution in [3.63, 3.8) is 0 Å². The monoisotopic (exact) mass is 618 g/mol. The van der Waals surface area contributed by atoms with Crippen molar-refractivity contribution in [3.05, 3.63) is 78.4 Å². The molecule has 4 aromatic rings. The molecule has 5 N–H and O–H groups in total. The van der Waals surface area contributed by atoms with Crippen LogP contribution in [0.5, 0.6) is 11.5 Å². The minimum atomic E-state index is -4.16. The summed E-state index contributed by atoms with van der Waals surface area (Å²) in [5, 5.41) is 32.7. The summed E-state index contributed by atoms with van der Waals surface area (Å²) in [6.45, 7) is 0. The molecular formula is C23H18N6O5S5. The SMILES string of the molecule is O=C(Nc1cccc(-n2c(C(=S)S)nnc2C(=S)S)c1)Nc1cccc(S(=O)(=O)Nc2cc(O)ccc2O)c1. The molecule has 0 radical (unpaired) electrons. The minimum absolute atomic E-state index is 0.177. The largest absolute Gasteiger partial charge is 0.508 e. The number of carbonyl (C=O) groups excluding carboxylic acids is 1. The van der Waals surface area contributed by atoms with E-state index in [9.17, 15) is 23.4 Å². The second-order valence-corrected chi connectivity index (χ2v) is 11.8. The number of thiol groups is 2. The number of amides is 2. The van der Waals surface area contributed by atoms with Crippen molar-refractivity contribution < 1.29 is 23.4 Å². The number of phenolic OH excluding ortho intramolecular Hbond substituents is 2. The smallest absolute Gasteiger partial charge is 0.323 e. The van der Waals surface area contributed by atoms with Gasteiger partial charge in [-0.25, -0.2) is 13.2 Å². The Bertz CT molecular complexity index is 1690. The Morgan fingerprint density at radius 2 is 1.44 bits per heavy atom. The van der Waals surface area contributed by atoms with Crippen molar-refractivity contribution in [1.29, 1.82) is 0 Å². The Morgan fingerprint density at radius 1 is 0.846 bits per heavy atom. The number of aromatic nitrogens is 3. The predicted molar refractivity (Wildman–Crippen MR) is 162 cm³/mol. The van der Waals surface area contributed by atoms with Crippen LogP contribution in [-0.4, -0.2) is 47.8 Å². The molecule has 0 spiro atoms. The maximum atomic E-state index is 12.8. The molecule has 0 atom stereocenters. The molecule has 0 fully saturated rings. The highest BCUT2D eigenvalue weighted by Crippen LogP contribution is 2.30. The van der Waals surface area contributed by atoms with Crippen molar-refractivity contribution in [3.8, 4) is 17.2 Å². The van der Waals surface area contributed by atoms with E-state index in [1.807, 2.05) is 0 Å². The molecule has 16 heteroatoms. The molecule has 0 saturated carbocycles. The van der Waals surface area contributed by atoms with Gasteiger partial charge in [0, 0.05) is 17.4 Å². The van der Waals surface area contributed by atoms with Crippen LogP contribution in [0, 0.1) is 0 Å². The van der Waals surface area contributed by atoms with Gasteiger partial charge in [-0.15, -0.1) is 35.5 Å². The van der Waals surface area contributed by atoms with E-state index < -0.39 is 16.1 Å². The lowest BCUT2D eigenvalue weighted by atomic mass is 10.2. The first kappa shape index (κ1) is 28.3. The first-order valence-corrected chi connectivity index (χ1v) is 13.9. The third-order valence-corrected chi connectivity index (χ3v) is 7.16. The minimum Gasteiger partial charge on any atom is -0.508 e. The van der Waals surface area contributed by atoms with Crippen LogP contribution in [0.2, 0.25) is 0 Å². The standard InChI is InChI=1S/C23H18N6O5S5/c30-15-7-8-18(31)17(11-15)28-39(33,34)16-6-2-4-13(10-16)25-23(32)24-12-3-1-5-14(9-12)29-19(21(35)36)26-27-20(29)22(37)38/h1-11,28,30-31H,(H,35,36)(H,37,38)(H2,24,25,32). The first-order valence-electron chi connectivity index (χ1n) is 10.7. The normalized spacial score (nSPS) is 11.0. The average molecular weight is 619 g/mol. The van der Waals surface area contributed by atoms with Gasteiger partial charge in [-0.05, 0) is 48.5 Å². The van der Waals surface area contributed by atoms with E-state index in [0.717, 1.165) is 12.1 Å². The summed E-state index contributed by atoms with van der Waals surface area (Å²) < 4.78 is 29.8. The van der Waals surface area contributed by atoms with Gasteiger partial charge >= 0.3 is 6.03 Å². The Morgan fingerprint density at radius 3 is 2.05 bits per heavy atom. The number of hydrogen-bond donors (Lipinski definition) is 7. The molecule has 0 unspecified atom stereocenters. The summed E-state index contributed by atoms with van der Waals surface area (Å²) in [5.74, 6) is -0.0653. The van der Waals surface area contributed by atoms with Crippen LogP contribution in [0.4, 0.5) is 21.9 Å². The third kappa shape index (κ3) is 6.66. The van der Waals surface area contributed by atoms with Crippen LogP contribution in [-0.2, 0) is 10.0 Å². The quantitative estimate of drug-likeness (QED) is 0.0660. The Balaban J connectivity index is 1.52. The van der Waals surface area contributed by atoms with Crippen molar-refractivity contribution in [2.45, 2.75) is 4.90 Å². The molecule has 1 aromatic heterocycles. The number of urea groups is 1. The molecule has 1 heterocycles. The fourth-order valence-electron chi connectivity index (χ4n) is 3.37. The van der Waals surface area contributed by atoms with Gasteiger partial charge in [-0.1, -0.05) is 36.6 Å². The molecule has 39 heavy (non-hydrogen) atoms. The zero-order chi connectivity index (χ0) is 28.3. The highest BCUT2D eigenvalue weighted by Gasteiger charge is 2.19. The summed E-state index contributed by atoms with van der Waals surface area (Å²) in [4.78, 5) is 12.5. The van der Waals surface area contributed by atoms with Gasteiger partial charge in [-0.2, -0.15) is 0 Å². The van der Waals surface area contributed by atoms with Gasteiger partial charge in [0.05, 0.1) is 16.3 Å².